The molecule has 0 aliphatic carbocycles. The summed E-state index contributed by atoms with van der Waals surface area (Å²) in [7, 11) is 0. The maximum absolute atomic E-state index is 5.74. The van der Waals surface area contributed by atoms with Gasteiger partial charge in [0.2, 0.25) is 0 Å². The van der Waals surface area contributed by atoms with Gasteiger partial charge in [-0.15, -0.1) is 0 Å². The van der Waals surface area contributed by atoms with Gasteiger partial charge in [-0.1, -0.05) is 6.92 Å². The molecule has 0 amide bonds. The van der Waals surface area contributed by atoms with Gasteiger partial charge in [-0.2, -0.15) is 0 Å². The van der Waals surface area contributed by atoms with Crippen LogP contribution in [0.1, 0.15) is 13.3 Å². The van der Waals surface area contributed by atoms with Crippen molar-refractivity contribution >= 4 is 5.69 Å². The van der Waals surface area contributed by atoms with Crippen LogP contribution in [0.15, 0.2) is 24.5 Å². The normalized spacial score (nSPS) is 12.5. The van der Waals surface area contributed by atoms with Gasteiger partial charge in [0, 0.05) is 30.7 Å². The third-order valence-corrected chi connectivity index (χ3v) is 1.77. The van der Waals surface area contributed by atoms with Crippen LogP contribution in [0, 0.1) is 0 Å². The third kappa shape index (κ3) is 2.88. The molecule has 0 aliphatic heterocycles. The SMILES string of the molecule is CCC(N)CNc1ccncc1. The molecule has 0 saturated heterocycles. The first kappa shape index (κ1) is 9.00. The van der Waals surface area contributed by atoms with Gasteiger partial charge in [0.25, 0.3) is 0 Å². The van der Waals surface area contributed by atoms with Crippen LogP contribution in [-0.2, 0) is 0 Å². The Balaban J connectivity index is 2.33. The number of nitrogens with two attached hydrogens (primary N) is 1. The molecule has 66 valence electrons. The highest BCUT2D eigenvalue weighted by atomic mass is 14.9. The van der Waals surface area contributed by atoms with Crippen LogP contribution < -0.4 is 11.1 Å². The van der Waals surface area contributed by atoms with Crippen LogP contribution in [0.4, 0.5) is 5.69 Å². The molecule has 1 heterocycles. The molecule has 0 saturated carbocycles. The van der Waals surface area contributed by atoms with E-state index in [0.29, 0.717) is 0 Å². The van der Waals surface area contributed by atoms with Crippen molar-refractivity contribution in [3.63, 3.8) is 0 Å². The Kier molecular flexibility index (Phi) is 3.54. The summed E-state index contributed by atoms with van der Waals surface area (Å²) in [6.45, 7) is 2.90. The lowest BCUT2D eigenvalue weighted by Gasteiger charge is -2.10. The van der Waals surface area contributed by atoms with Gasteiger partial charge in [-0.05, 0) is 18.6 Å². The largest absolute Gasteiger partial charge is 0.383 e. The lowest BCUT2D eigenvalue weighted by Crippen LogP contribution is -2.27. The molecule has 1 unspecified atom stereocenters. The second-order valence-corrected chi connectivity index (χ2v) is 2.79. The van der Waals surface area contributed by atoms with E-state index in [-0.39, 0.29) is 6.04 Å². The van der Waals surface area contributed by atoms with Crippen molar-refractivity contribution in [1.29, 1.82) is 0 Å². The van der Waals surface area contributed by atoms with Crippen LogP contribution in [0.3, 0.4) is 0 Å². The Morgan fingerprint density at radius 1 is 1.50 bits per heavy atom. The van der Waals surface area contributed by atoms with Crippen LogP contribution in [-0.4, -0.2) is 17.6 Å². The van der Waals surface area contributed by atoms with Crippen LogP contribution in [0.2, 0.25) is 0 Å². The first-order chi connectivity index (χ1) is 5.83. The second kappa shape index (κ2) is 4.72. The van der Waals surface area contributed by atoms with Crippen molar-refractivity contribution < 1.29 is 0 Å². The smallest absolute Gasteiger partial charge is 0.0371 e. The number of hydrogen-bond acceptors (Lipinski definition) is 3. The van der Waals surface area contributed by atoms with Crippen LogP contribution in [0.5, 0.6) is 0 Å². The lowest BCUT2D eigenvalue weighted by molar-refractivity contribution is 0.679. The molecule has 0 radical (unpaired) electrons. The fourth-order valence-corrected chi connectivity index (χ4v) is 0.863. The Bertz CT molecular complexity index is 210. The van der Waals surface area contributed by atoms with Crippen molar-refractivity contribution in [2.24, 2.45) is 5.73 Å². The van der Waals surface area contributed by atoms with Gasteiger partial charge in [0.1, 0.15) is 0 Å². The number of hydrogen-bond donors (Lipinski definition) is 2. The van der Waals surface area contributed by atoms with E-state index in [0.717, 1.165) is 18.7 Å². The minimum atomic E-state index is 0.234. The first-order valence-corrected chi connectivity index (χ1v) is 4.22. The molecule has 1 aromatic heterocycles. The number of aromatic nitrogens is 1. The fourth-order valence-electron chi connectivity index (χ4n) is 0.863. The molecule has 0 aromatic carbocycles. The summed E-state index contributed by atoms with van der Waals surface area (Å²) in [6.07, 6.45) is 4.53. The van der Waals surface area contributed by atoms with E-state index < -0.39 is 0 Å². The topological polar surface area (TPSA) is 50.9 Å². The van der Waals surface area contributed by atoms with E-state index in [4.69, 9.17) is 5.73 Å². The summed E-state index contributed by atoms with van der Waals surface area (Å²) in [4.78, 5) is 3.92. The van der Waals surface area contributed by atoms with Gasteiger partial charge >= 0.3 is 0 Å². The summed E-state index contributed by atoms with van der Waals surface area (Å²) in [5.74, 6) is 0. The van der Waals surface area contributed by atoms with Crippen LogP contribution >= 0.6 is 0 Å². The number of nitrogens with zero attached hydrogens (tertiary/aromatic N) is 1. The standard InChI is InChI=1S/C9H15N3/c1-2-8(10)7-12-9-3-5-11-6-4-9/h3-6,8H,2,7,10H2,1H3,(H,11,12). The summed E-state index contributed by atoms with van der Waals surface area (Å²) < 4.78 is 0. The molecule has 0 bridgehead atoms. The van der Waals surface area contributed by atoms with Crippen molar-refractivity contribution in [2.75, 3.05) is 11.9 Å². The van der Waals surface area contributed by atoms with E-state index in [9.17, 15) is 0 Å². The van der Waals surface area contributed by atoms with Gasteiger partial charge in [0.15, 0.2) is 0 Å². The van der Waals surface area contributed by atoms with Crippen molar-refractivity contribution in [3.8, 4) is 0 Å². The number of nitrogens with one attached hydrogen (secondary N) is 1. The van der Waals surface area contributed by atoms with Gasteiger partial charge < -0.3 is 11.1 Å². The maximum atomic E-state index is 5.74. The van der Waals surface area contributed by atoms with E-state index in [2.05, 4.69) is 17.2 Å². The average Bonchev–Trinajstić information content (AvgIpc) is 2.16. The highest BCUT2D eigenvalue weighted by Crippen LogP contribution is 2.02. The Hall–Kier alpha value is -1.09. The summed E-state index contributed by atoms with van der Waals surface area (Å²) in [6, 6.07) is 4.10. The quantitative estimate of drug-likeness (QED) is 0.705. The molecular formula is C9H15N3. The Morgan fingerprint density at radius 3 is 2.75 bits per heavy atom. The number of pyridine rings is 1. The van der Waals surface area contributed by atoms with Crippen LogP contribution in [0.25, 0.3) is 0 Å². The molecule has 1 rings (SSSR count). The highest BCUT2D eigenvalue weighted by molar-refractivity contribution is 5.40. The maximum Gasteiger partial charge on any atom is 0.0371 e. The Morgan fingerprint density at radius 2 is 2.17 bits per heavy atom. The minimum absolute atomic E-state index is 0.234. The number of rotatable bonds is 4. The minimum Gasteiger partial charge on any atom is -0.383 e. The van der Waals surface area contributed by atoms with Gasteiger partial charge in [-0.3, -0.25) is 4.98 Å². The van der Waals surface area contributed by atoms with Crippen molar-refractivity contribution in [2.45, 2.75) is 19.4 Å². The van der Waals surface area contributed by atoms with E-state index in [1.54, 1.807) is 12.4 Å². The Labute approximate surface area is 73.0 Å². The molecule has 1 aromatic rings. The predicted octanol–water partition coefficient (Wildman–Crippen LogP) is 1.23. The third-order valence-electron chi connectivity index (χ3n) is 1.77. The summed E-state index contributed by atoms with van der Waals surface area (Å²) in [5, 5.41) is 3.23. The van der Waals surface area contributed by atoms with Crippen molar-refractivity contribution in [3.05, 3.63) is 24.5 Å². The molecule has 12 heavy (non-hydrogen) atoms. The van der Waals surface area contributed by atoms with Crippen molar-refractivity contribution in [1.82, 2.24) is 4.98 Å². The predicted molar refractivity (Wildman–Crippen MR) is 51.0 cm³/mol. The molecule has 0 fully saturated rings. The zero-order valence-corrected chi connectivity index (χ0v) is 7.33. The van der Waals surface area contributed by atoms with Gasteiger partial charge in [-0.25, -0.2) is 0 Å². The molecule has 1 atom stereocenters. The summed E-state index contributed by atoms with van der Waals surface area (Å²) >= 11 is 0. The molecule has 3 heteroatoms. The molecule has 3 nitrogen and oxygen atoms in total. The number of anilines is 1. The van der Waals surface area contributed by atoms with E-state index >= 15 is 0 Å². The zero-order chi connectivity index (χ0) is 8.81. The molecule has 3 N–H and O–H groups in total. The highest BCUT2D eigenvalue weighted by Gasteiger charge is 1.97. The molecule has 0 spiro atoms. The first-order valence-electron chi connectivity index (χ1n) is 4.22. The molecule has 0 aliphatic rings. The van der Waals surface area contributed by atoms with Gasteiger partial charge in [0.05, 0.1) is 0 Å². The monoisotopic (exact) mass is 165 g/mol. The lowest BCUT2D eigenvalue weighted by atomic mass is 10.2. The van der Waals surface area contributed by atoms with E-state index in [1.807, 2.05) is 12.1 Å². The molecular weight excluding hydrogens is 150 g/mol. The zero-order valence-electron chi connectivity index (χ0n) is 7.33. The second-order valence-electron chi connectivity index (χ2n) is 2.79. The average molecular weight is 165 g/mol. The van der Waals surface area contributed by atoms with E-state index in [1.165, 1.54) is 0 Å². The fraction of sp³-hybridized carbons (Fsp3) is 0.444. The summed E-state index contributed by atoms with van der Waals surface area (Å²) in [5.41, 5.74) is 6.82.